The maximum absolute atomic E-state index is 12.8. The van der Waals surface area contributed by atoms with Crippen LogP contribution in [0.25, 0.3) is 0 Å². The number of nitrogens with zero attached hydrogens (tertiary/aromatic N) is 2. The summed E-state index contributed by atoms with van der Waals surface area (Å²) in [5, 5.41) is 19.4. The van der Waals surface area contributed by atoms with E-state index in [-0.39, 0.29) is 49.9 Å². The summed E-state index contributed by atoms with van der Waals surface area (Å²) in [6, 6.07) is 2.28. The molecule has 0 bridgehead atoms. The van der Waals surface area contributed by atoms with E-state index in [1.165, 1.54) is 0 Å². The Kier molecular flexibility index (Phi) is 13.3. The highest BCUT2D eigenvalue weighted by Gasteiger charge is 2.42. The van der Waals surface area contributed by atoms with E-state index in [1.54, 1.807) is 13.8 Å². The fourth-order valence-corrected chi connectivity index (χ4v) is 6.95. The molecule has 5 atom stereocenters. The normalized spacial score (nSPS) is 24.1. The molecule has 1 fully saturated rings. The average molecular weight is 480 g/mol. The Balaban J connectivity index is 2.83. The zero-order valence-corrected chi connectivity index (χ0v) is 21.7. The van der Waals surface area contributed by atoms with E-state index < -0.39 is 22.0 Å². The van der Waals surface area contributed by atoms with Gasteiger partial charge in [0.25, 0.3) is 8.53 Å². The second kappa shape index (κ2) is 14.3. The number of hydrogen-bond acceptors (Lipinski definition) is 9. The van der Waals surface area contributed by atoms with Crippen molar-refractivity contribution in [1.29, 1.82) is 5.26 Å². The maximum atomic E-state index is 12.8. The molecule has 31 heavy (non-hydrogen) atoms. The Morgan fingerprint density at radius 2 is 1.84 bits per heavy atom. The second-order valence-corrected chi connectivity index (χ2v) is 11.6. The zero-order chi connectivity index (χ0) is 23.6. The highest BCUT2D eigenvalue weighted by Crippen LogP contribution is 2.54. The highest BCUT2D eigenvalue weighted by atomic mass is 31.2. The smallest absolute Gasteiger partial charge is 0.358 e. The van der Waals surface area contributed by atoms with E-state index in [0.717, 1.165) is 0 Å². The molecule has 1 heterocycles. The minimum Gasteiger partial charge on any atom is -0.381 e. The molecule has 0 aromatic carbocycles. The van der Waals surface area contributed by atoms with Crippen molar-refractivity contribution in [2.45, 2.75) is 96.9 Å². The van der Waals surface area contributed by atoms with Crippen molar-refractivity contribution in [2.75, 3.05) is 19.8 Å². The third kappa shape index (κ3) is 9.00. The molecule has 1 N–H and O–H groups in total. The fourth-order valence-electron chi connectivity index (χ4n) is 3.52. The Morgan fingerprint density at radius 3 is 2.32 bits per heavy atom. The van der Waals surface area contributed by atoms with Crippen LogP contribution < -0.4 is 0 Å². The van der Waals surface area contributed by atoms with Gasteiger partial charge in [0.05, 0.1) is 50.5 Å². The Bertz CT molecular complexity index is 590. The molecule has 1 aliphatic rings. The van der Waals surface area contributed by atoms with Crippen LogP contribution in [0.1, 0.15) is 60.8 Å². The van der Waals surface area contributed by atoms with Gasteiger partial charge in [0.1, 0.15) is 7.85 Å². The van der Waals surface area contributed by atoms with Crippen LogP contribution in [0.15, 0.2) is 0 Å². The van der Waals surface area contributed by atoms with E-state index >= 15 is 0 Å². The molecule has 0 aromatic heterocycles. The molecule has 180 valence electrons. The standard InChI is InChI=1S/C19H39BN2O7P2/c1-7-26-31(24,27-8-2)18(23)13-16-12-17(19(20)28-16)29-30(25-11-9-10-21)22(14(3)4)15(5)6/h14-19,23H,7-9,11-13,20H2,1-6H3/t16-,17-,18?,19+,30?/m0/s1. The first-order valence-electron chi connectivity index (χ1n) is 11.1. The number of nitriles is 1. The molecule has 0 aromatic rings. The van der Waals surface area contributed by atoms with E-state index in [0.29, 0.717) is 19.4 Å². The molecule has 1 saturated heterocycles. The first-order chi connectivity index (χ1) is 14.6. The van der Waals surface area contributed by atoms with Gasteiger partial charge in [0, 0.05) is 24.9 Å². The number of hydrogen-bond donors (Lipinski definition) is 1. The molecule has 2 unspecified atom stereocenters. The Morgan fingerprint density at radius 1 is 1.26 bits per heavy atom. The molecular weight excluding hydrogens is 441 g/mol. The summed E-state index contributed by atoms with van der Waals surface area (Å²) in [5.74, 6) is -1.26. The van der Waals surface area contributed by atoms with Crippen molar-refractivity contribution in [3.63, 3.8) is 0 Å². The molecule has 0 saturated carbocycles. The summed E-state index contributed by atoms with van der Waals surface area (Å²) in [4.78, 5) is 0. The predicted molar refractivity (Wildman–Crippen MR) is 123 cm³/mol. The first-order valence-corrected chi connectivity index (χ1v) is 13.8. The van der Waals surface area contributed by atoms with Crippen molar-refractivity contribution in [3.05, 3.63) is 0 Å². The lowest BCUT2D eigenvalue weighted by Crippen LogP contribution is -2.36. The molecule has 0 amide bonds. The summed E-state index contributed by atoms with van der Waals surface area (Å²) in [6.07, 6.45) is 0.367. The van der Waals surface area contributed by atoms with Gasteiger partial charge in [-0.15, -0.1) is 0 Å². The van der Waals surface area contributed by atoms with Gasteiger partial charge in [0.2, 0.25) is 0 Å². The van der Waals surface area contributed by atoms with E-state index in [9.17, 15) is 9.67 Å². The molecular formula is C19H39BN2O7P2. The van der Waals surface area contributed by atoms with E-state index in [2.05, 4.69) is 38.4 Å². The summed E-state index contributed by atoms with van der Waals surface area (Å²) >= 11 is 0. The number of aliphatic hydroxyl groups excluding tert-OH is 1. The predicted octanol–water partition coefficient (Wildman–Crippen LogP) is 3.37. The minimum absolute atomic E-state index is 0.132. The number of aliphatic hydroxyl groups is 1. The van der Waals surface area contributed by atoms with Crippen molar-refractivity contribution in [1.82, 2.24) is 4.67 Å². The van der Waals surface area contributed by atoms with Crippen LogP contribution in [-0.4, -0.2) is 73.6 Å². The monoisotopic (exact) mass is 480 g/mol. The molecule has 12 heteroatoms. The van der Waals surface area contributed by atoms with Crippen LogP contribution in [0, 0.1) is 11.3 Å². The van der Waals surface area contributed by atoms with E-state index in [4.69, 9.17) is 28.1 Å². The molecule has 0 spiro atoms. The van der Waals surface area contributed by atoms with Crippen LogP contribution >= 0.6 is 16.1 Å². The second-order valence-electron chi connectivity index (χ2n) is 7.98. The molecule has 1 aliphatic heterocycles. The lowest BCUT2D eigenvalue weighted by atomic mass is 9.94. The molecule has 9 nitrogen and oxygen atoms in total. The van der Waals surface area contributed by atoms with Gasteiger partial charge in [-0.2, -0.15) is 5.26 Å². The van der Waals surface area contributed by atoms with Crippen molar-refractivity contribution in [3.8, 4) is 6.07 Å². The number of rotatable bonds is 15. The molecule has 1 rings (SSSR count). The Hall–Kier alpha value is -0.0651. The van der Waals surface area contributed by atoms with Gasteiger partial charge in [-0.05, 0) is 41.5 Å². The van der Waals surface area contributed by atoms with Gasteiger partial charge in [-0.25, -0.2) is 4.67 Å². The van der Waals surface area contributed by atoms with Crippen molar-refractivity contribution >= 4 is 24.0 Å². The highest BCUT2D eigenvalue weighted by molar-refractivity contribution is 7.54. The van der Waals surface area contributed by atoms with Crippen LogP contribution in [0.2, 0.25) is 0 Å². The fraction of sp³-hybridized carbons (Fsp3) is 0.947. The minimum atomic E-state index is -3.61. The lowest BCUT2D eigenvalue weighted by Gasteiger charge is -2.37. The third-order valence-corrected chi connectivity index (χ3v) is 9.10. The zero-order valence-electron chi connectivity index (χ0n) is 19.9. The van der Waals surface area contributed by atoms with Gasteiger partial charge < -0.3 is 27.9 Å². The van der Waals surface area contributed by atoms with Crippen molar-refractivity contribution in [2.24, 2.45) is 0 Å². The first kappa shape index (κ1) is 29.0. The average Bonchev–Trinajstić information content (AvgIpc) is 3.00. The number of ether oxygens (including phenoxy) is 1. The van der Waals surface area contributed by atoms with Crippen molar-refractivity contribution < 1.29 is 32.5 Å². The summed E-state index contributed by atoms with van der Waals surface area (Å²) in [7, 11) is -3.09. The summed E-state index contributed by atoms with van der Waals surface area (Å²) in [6.45, 7) is 12.4. The van der Waals surface area contributed by atoms with Gasteiger partial charge in [0.15, 0.2) is 5.85 Å². The SMILES string of the molecule is B[C@@H]1O[C@H](CC(O)P(=O)(OCC)OCC)C[C@@H]1OP(OCCC#N)N(C(C)C)C(C)C. The van der Waals surface area contributed by atoms with Gasteiger partial charge in [-0.3, -0.25) is 4.57 Å². The van der Waals surface area contributed by atoms with Crippen LogP contribution in [0.5, 0.6) is 0 Å². The maximum Gasteiger partial charge on any atom is 0.358 e. The van der Waals surface area contributed by atoms with Crippen LogP contribution in [-0.2, 0) is 27.4 Å². The van der Waals surface area contributed by atoms with Gasteiger partial charge >= 0.3 is 7.60 Å². The molecule has 0 radical (unpaired) electrons. The largest absolute Gasteiger partial charge is 0.381 e. The van der Waals surface area contributed by atoms with Crippen LogP contribution in [0.4, 0.5) is 0 Å². The van der Waals surface area contributed by atoms with Crippen LogP contribution in [0.3, 0.4) is 0 Å². The van der Waals surface area contributed by atoms with E-state index in [1.807, 2.05) is 7.85 Å². The van der Waals surface area contributed by atoms with Gasteiger partial charge in [-0.1, -0.05) is 0 Å². The third-order valence-electron chi connectivity index (χ3n) is 4.77. The lowest BCUT2D eigenvalue weighted by molar-refractivity contribution is 0.0368. The molecule has 0 aliphatic carbocycles. The topological polar surface area (TPSA) is 110 Å². The quantitative estimate of drug-likeness (QED) is 0.214. The summed E-state index contributed by atoms with van der Waals surface area (Å²) in [5.41, 5.74) is 0. The summed E-state index contributed by atoms with van der Waals surface area (Å²) < 4.78 is 43.8. The Labute approximate surface area is 189 Å².